The predicted octanol–water partition coefficient (Wildman–Crippen LogP) is 4.13. The van der Waals surface area contributed by atoms with Crippen LogP contribution in [0.1, 0.15) is 0 Å². The maximum absolute atomic E-state index is 4.22. The summed E-state index contributed by atoms with van der Waals surface area (Å²) >= 11 is 0. The lowest BCUT2D eigenvalue weighted by molar-refractivity contribution is 1.41. The summed E-state index contributed by atoms with van der Waals surface area (Å²) in [4.78, 5) is 16.2. The van der Waals surface area contributed by atoms with Crippen LogP contribution in [0.15, 0.2) is 57.4 Å². The van der Waals surface area contributed by atoms with Crippen molar-refractivity contribution in [3.05, 3.63) is 37.4 Å². The van der Waals surface area contributed by atoms with Gasteiger partial charge in [-0.15, -0.1) is 0 Å². The molecule has 0 aliphatic carbocycles. The normalized spacial score (nSPS) is 10.7. The summed E-state index contributed by atoms with van der Waals surface area (Å²) in [5.74, 6) is 0. The molecule has 0 saturated heterocycles. The highest BCUT2D eigenvalue weighted by Gasteiger charge is 2.06. The van der Waals surface area contributed by atoms with E-state index in [4.69, 9.17) is 0 Å². The van der Waals surface area contributed by atoms with Gasteiger partial charge in [0.15, 0.2) is 0 Å². The molecule has 1 aromatic rings. The fourth-order valence-corrected chi connectivity index (χ4v) is 1.28. The van der Waals surface area contributed by atoms with Crippen LogP contribution in [0.4, 0.5) is 22.7 Å². The van der Waals surface area contributed by atoms with Crippen LogP contribution in [-0.2, 0) is 0 Å². The van der Waals surface area contributed by atoms with E-state index in [9.17, 15) is 0 Å². The number of hydrogen-bond donors (Lipinski definition) is 0. The monoisotopic (exact) mass is 238 g/mol. The molecule has 1 rings (SSSR count). The van der Waals surface area contributed by atoms with Crippen LogP contribution in [-0.4, -0.2) is 25.9 Å². The molecule has 0 amide bonds. The standard InChI is InChI=1S/C14H14N4/c1-5-7-17-13-9-11(15-3)12(16-4)10-14(13)18-8-6-2/h5-10H,1-4H2. The van der Waals surface area contributed by atoms with Crippen LogP contribution in [0.3, 0.4) is 0 Å². The van der Waals surface area contributed by atoms with Crippen molar-refractivity contribution >= 4 is 48.6 Å². The Balaban J connectivity index is 3.43. The van der Waals surface area contributed by atoms with Gasteiger partial charge in [0, 0.05) is 12.4 Å². The third-order valence-corrected chi connectivity index (χ3v) is 2.05. The molecule has 0 saturated carbocycles. The first-order valence-corrected chi connectivity index (χ1v) is 5.18. The first-order valence-electron chi connectivity index (χ1n) is 5.18. The minimum atomic E-state index is 0.610. The average molecular weight is 238 g/mol. The Bertz CT molecular complexity index is 490. The first kappa shape index (κ1) is 13.4. The number of aliphatic imine (C=N–C) groups is 4. The molecule has 0 N–H and O–H groups in total. The van der Waals surface area contributed by atoms with E-state index in [-0.39, 0.29) is 0 Å². The number of allylic oxidation sites excluding steroid dienone is 2. The van der Waals surface area contributed by atoms with E-state index in [0.717, 1.165) is 0 Å². The van der Waals surface area contributed by atoms with Gasteiger partial charge in [0.2, 0.25) is 0 Å². The highest BCUT2D eigenvalue weighted by Crippen LogP contribution is 2.39. The third kappa shape index (κ3) is 3.18. The lowest BCUT2D eigenvalue weighted by atomic mass is 10.2. The van der Waals surface area contributed by atoms with Crippen molar-refractivity contribution in [1.29, 1.82) is 0 Å². The maximum atomic E-state index is 4.22. The Hall–Kier alpha value is -2.62. The Morgan fingerprint density at radius 2 is 1.11 bits per heavy atom. The van der Waals surface area contributed by atoms with Gasteiger partial charge in [-0.1, -0.05) is 25.3 Å². The Morgan fingerprint density at radius 3 is 1.39 bits per heavy atom. The van der Waals surface area contributed by atoms with Gasteiger partial charge >= 0.3 is 0 Å². The van der Waals surface area contributed by atoms with Crippen molar-refractivity contribution in [2.45, 2.75) is 0 Å². The summed E-state index contributed by atoms with van der Waals surface area (Å²) < 4.78 is 0. The second-order valence-corrected chi connectivity index (χ2v) is 3.17. The van der Waals surface area contributed by atoms with E-state index in [2.05, 4.69) is 46.6 Å². The van der Waals surface area contributed by atoms with Crippen LogP contribution < -0.4 is 0 Å². The Morgan fingerprint density at radius 1 is 0.722 bits per heavy atom. The zero-order valence-corrected chi connectivity index (χ0v) is 10.1. The molecule has 0 aromatic heterocycles. The molecule has 1 aromatic carbocycles. The number of benzene rings is 1. The van der Waals surface area contributed by atoms with E-state index in [1.165, 1.54) is 0 Å². The van der Waals surface area contributed by atoms with Crippen LogP contribution in [0.2, 0.25) is 0 Å². The second-order valence-electron chi connectivity index (χ2n) is 3.17. The number of hydrogen-bond acceptors (Lipinski definition) is 4. The SMILES string of the molecule is C=CC=Nc1cc(N=C)c(N=C)cc1N=CC=C. The molecule has 0 fully saturated rings. The highest BCUT2D eigenvalue weighted by atomic mass is 14.9. The molecular formula is C14H14N4. The highest BCUT2D eigenvalue weighted by molar-refractivity contribution is 5.86. The molecule has 0 bridgehead atoms. The molecule has 0 unspecified atom stereocenters. The topological polar surface area (TPSA) is 49.4 Å². The van der Waals surface area contributed by atoms with Crippen molar-refractivity contribution < 1.29 is 0 Å². The van der Waals surface area contributed by atoms with Crippen molar-refractivity contribution in [2.75, 3.05) is 0 Å². The smallest absolute Gasteiger partial charge is 0.0909 e. The van der Waals surface area contributed by atoms with Gasteiger partial charge in [-0.2, -0.15) is 0 Å². The van der Waals surface area contributed by atoms with Gasteiger partial charge in [-0.25, -0.2) is 0 Å². The van der Waals surface area contributed by atoms with Crippen molar-refractivity contribution in [2.24, 2.45) is 20.0 Å². The molecular weight excluding hydrogens is 224 g/mol. The molecule has 4 heteroatoms. The maximum Gasteiger partial charge on any atom is 0.0909 e. The minimum Gasteiger partial charge on any atom is -0.262 e. The number of rotatable bonds is 6. The molecule has 0 radical (unpaired) electrons. The van der Waals surface area contributed by atoms with E-state index >= 15 is 0 Å². The molecule has 0 aliphatic rings. The van der Waals surface area contributed by atoms with Crippen LogP contribution in [0, 0.1) is 0 Å². The largest absolute Gasteiger partial charge is 0.262 e. The molecule has 4 nitrogen and oxygen atoms in total. The fraction of sp³-hybridized carbons (Fsp3) is 0. The Labute approximate surface area is 107 Å². The zero-order valence-electron chi connectivity index (χ0n) is 10.1. The summed E-state index contributed by atoms with van der Waals surface area (Å²) in [6.07, 6.45) is 6.33. The van der Waals surface area contributed by atoms with Gasteiger partial charge in [0.25, 0.3) is 0 Å². The van der Waals surface area contributed by atoms with E-state index in [1.54, 1.807) is 36.7 Å². The zero-order chi connectivity index (χ0) is 13.4. The number of nitrogens with zero attached hydrogens (tertiary/aromatic N) is 4. The second kappa shape index (κ2) is 6.85. The molecule has 0 aliphatic heterocycles. The van der Waals surface area contributed by atoms with Crippen LogP contribution >= 0.6 is 0 Å². The van der Waals surface area contributed by atoms with Gasteiger partial charge in [0.1, 0.15) is 0 Å². The summed E-state index contributed by atoms with van der Waals surface area (Å²) in [7, 11) is 0. The van der Waals surface area contributed by atoms with Crippen molar-refractivity contribution in [3.8, 4) is 0 Å². The molecule has 0 heterocycles. The van der Waals surface area contributed by atoms with Crippen LogP contribution in [0.5, 0.6) is 0 Å². The quantitative estimate of drug-likeness (QED) is 0.669. The lowest BCUT2D eigenvalue weighted by Crippen LogP contribution is -1.74. The van der Waals surface area contributed by atoms with Crippen LogP contribution in [0.25, 0.3) is 0 Å². The van der Waals surface area contributed by atoms with Gasteiger partial charge in [-0.3, -0.25) is 20.0 Å². The van der Waals surface area contributed by atoms with Gasteiger partial charge in [0.05, 0.1) is 22.7 Å². The predicted molar refractivity (Wildman–Crippen MR) is 81.6 cm³/mol. The van der Waals surface area contributed by atoms with Crippen molar-refractivity contribution in [1.82, 2.24) is 0 Å². The molecule has 90 valence electrons. The summed E-state index contributed by atoms with van der Waals surface area (Å²) in [5, 5.41) is 0. The van der Waals surface area contributed by atoms with Crippen molar-refractivity contribution in [3.63, 3.8) is 0 Å². The summed E-state index contributed by atoms with van der Waals surface area (Å²) in [5.41, 5.74) is 2.53. The van der Waals surface area contributed by atoms with Gasteiger partial charge in [-0.05, 0) is 25.6 Å². The first-order chi connectivity index (χ1) is 8.76. The average Bonchev–Trinajstić information content (AvgIpc) is 2.42. The lowest BCUT2D eigenvalue weighted by Gasteiger charge is -2.05. The summed E-state index contributed by atoms with van der Waals surface area (Å²) in [6, 6.07) is 3.49. The molecule has 0 spiro atoms. The summed E-state index contributed by atoms with van der Waals surface area (Å²) in [6.45, 7) is 14.1. The van der Waals surface area contributed by atoms with E-state index in [1.807, 2.05) is 0 Å². The fourth-order valence-electron chi connectivity index (χ4n) is 1.28. The van der Waals surface area contributed by atoms with E-state index in [0.29, 0.717) is 22.7 Å². The van der Waals surface area contributed by atoms with Gasteiger partial charge < -0.3 is 0 Å². The molecule has 0 atom stereocenters. The van der Waals surface area contributed by atoms with E-state index < -0.39 is 0 Å². The Kier molecular flexibility index (Phi) is 5.12. The third-order valence-electron chi connectivity index (χ3n) is 2.05. The minimum absolute atomic E-state index is 0.610. The molecule has 18 heavy (non-hydrogen) atoms.